The number of aromatic nitrogens is 1. The Hall–Kier alpha value is -1.91. The Morgan fingerprint density at radius 1 is 1.15 bits per heavy atom. The molecule has 1 aliphatic rings. The molecule has 26 heavy (non-hydrogen) atoms. The molecule has 1 amide bonds. The summed E-state index contributed by atoms with van der Waals surface area (Å²) in [5, 5.41) is 3.93. The van der Waals surface area contributed by atoms with Gasteiger partial charge in [-0.3, -0.25) is 9.78 Å². The third-order valence-electron chi connectivity index (χ3n) is 5.14. The van der Waals surface area contributed by atoms with E-state index >= 15 is 0 Å². The van der Waals surface area contributed by atoms with Gasteiger partial charge in [-0.25, -0.2) is 0 Å². The first-order valence-electron chi connectivity index (χ1n) is 9.24. The Morgan fingerprint density at radius 2 is 1.85 bits per heavy atom. The average molecular weight is 372 g/mol. The highest BCUT2D eigenvalue weighted by atomic mass is 35.5. The van der Waals surface area contributed by atoms with E-state index in [1.54, 1.807) is 12.4 Å². The Bertz CT molecular complexity index is 710. The van der Waals surface area contributed by atoms with Crippen LogP contribution in [-0.2, 0) is 4.79 Å². The average Bonchev–Trinajstić information content (AvgIpc) is 2.67. The second-order valence-corrected chi connectivity index (χ2v) is 7.62. The fourth-order valence-corrected chi connectivity index (χ4v) is 3.63. The molecule has 0 spiro atoms. The van der Waals surface area contributed by atoms with Crippen LogP contribution in [0.1, 0.15) is 43.9 Å². The van der Waals surface area contributed by atoms with Crippen LogP contribution < -0.4 is 5.32 Å². The molecular formula is C21H26ClN3O. The molecule has 5 heteroatoms. The number of nitrogens with zero attached hydrogens (tertiary/aromatic N) is 2. The molecule has 0 saturated carbocycles. The van der Waals surface area contributed by atoms with Gasteiger partial charge in [0.1, 0.15) is 0 Å². The van der Waals surface area contributed by atoms with Crippen LogP contribution >= 0.6 is 11.6 Å². The van der Waals surface area contributed by atoms with E-state index in [-0.39, 0.29) is 17.9 Å². The van der Waals surface area contributed by atoms with E-state index < -0.39 is 0 Å². The maximum Gasteiger partial charge on any atom is 0.223 e. The topological polar surface area (TPSA) is 45.2 Å². The molecule has 0 radical (unpaired) electrons. The van der Waals surface area contributed by atoms with Crippen LogP contribution in [0.2, 0.25) is 5.02 Å². The van der Waals surface area contributed by atoms with E-state index in [2.05, 4.69) is 29.0 Å². The zero-order valence-electron chi connectivity index (χ0n) is 15.4. The molecule has 0 aliphatic carbocycles. The van der Waals surface area contributed by atoms with Crippen molar-refractivity contribution in [2.75, 3.05) is 13.1 Å². The Labute approximate surface area is 160 Å². The van der Waals surface area contributed by atoms with Crippen molar-refractivity contribution in [1.82, 2.24) is 15.2 Å². The van der Waals surface area contributed by atoms with Gasteiger partial charge in [-0.1, -0.05) is 29.8 Å². The highest BCUT2D eigenvalue weighted by Crippen LogP contribution is 2.25. The molecule has 2 heterocycles. The summed E-state index contributed by atoms with van der Waals surface area (Å²) >= 11 is 6.02. The first kappa shape index (κ1) is 18.9. The fourth-order valence-electron chi connectivity index (χ4n) is 3.50. The van der Waals surface area contributed by atoms with Gasteiger partial charge in [0.15, 0.2) is 0 Å². The van der Waals surface area contributed by atoms with Gasteiger partial charge in [0.2, 0.25) is 5.91 Å². The number of pyridine rings is 1. The van der Waals surface area contributed by atoms with E-state index in [9.17, 15) is 4.79 Å². The lowest BCUT2D eigenvalue weighted by Gasteiger charge is -2.34. The Balaban J connectivity index is 1.74. The molecule has 0 unspecified atom stereocenters. The number of carbonyl (C=O) groups is 1. The highest BCUT2D eigenvalue weighted by Gasteiger charge is 2.28. The molecule has 1 N–H and O–H groups in total. The van der Waals surface area contributed by atoms with Crippen LogP contribution in [0, 0.1) is 5.92 Å². The predicted molar refractivity (Wildman–Crippen MR) is 105 cm³/mol. The number of carbonyl (C=O) groups excluding carboxylic acids is 1. The minimum atomic E-state index is -0.211. The molecular weight excluding hydrogens is 346 g/mol. The summed E-state index contributed by atoms with van der Waals surface area (Å²) in [7, 11) is 0. The molecule has 2 aromatic rings. The maximum absolute atomic E-state index is 12.9. The molecule has 1 aromatic carbocycles. The molecule has 4 nitrogen and oxygen atoms in total. The van der Waals surface area contributed by atoms with Gasteiger partial charge < -0.3 is 10.2 Å². The monoisotopic (exact) mass is 371 g/mol. The van der Waals surface area contributed by atoms with Crippen molar-refractivity contribution in [3.63, 3.8) is 0 Å². The third-order valence-corrected chi connectivity index (χ3v) is 5.39. The minimum absolute atomic E-state index is 0.0662. The van der Waals surface area contributed by atoms with Crippen molar-refractivity contribution in [3.05, 3.63) is 64.9 Å². The summed E-state index contributed by atoms with van der Waals surface area (Å²) in [6.45, 7) is 6.38. The number of nitrogens with one attached hydrogen (secondary N) is 1. The van der Waals surface area contributed by atoms with E-state index in [1.165, 1.54) is 0 Å². The number of piperidine rings is 1. The van der Waals surface area contributed by atoms with Gasteiger partial charge in [0.05, 0.1) is 6.04 Å². The number of amides is 1. The smallest absolute Gasteiger partial charge is 0.223 e. The molecule has 1 aromatic heterocycles. The van der Waals surface area contributed by atoms with Gasteiger partial charge in [-0.2, -0.15) is 0 Å². The van der Waals surface area contributed by atoms with E-state index in [4.69, 9.17) is 11.6 Å². The second kappa shape index (κ2) is 8.65. The zero-order valence-corrected chi connectivity index (χ0v) is 16.1. The van der Waals surface area contributed by atoms with Crippen molar-refractivity contribution in [2.45, 2.75) is 38.8 Å². The van der Waals surface area contributed by atoms with Crippen LogP contribution in [0.15, 0.2) is 48.8 Å². The van der Waals surface area contributed by atoms with E-state index in [1.807, 2.05) is 36.4 Å². The zero-order chi connectivity index (χ0) is 18.5. The van der Waals surface area contributed by atoms with E-state index in [0.717, 1.165) is 37.1 Å². The quantitative estimate of drug-likeness (QED) is 0.862. The van der Waals surface area contributed by atoms with Crippen molar-refractivity contribution >= 4 is 17.5 Å². The predicted octanol–water partition coefficient (Wildman–Crippen LogP) is 4.06. The summed E-state index contributed by atoms with van der Waals surface area (Å²) in [6, 6.07) is 11.8. The standard InChI is InChI=1S/C21H26ClN3O/c1-15(2)25-12-9-17(10-13-25)21(26)24-20(18-4-3-11-23-14-18)16-5-7-19(22)8-6-16/h3-8,11,14-15,17,20H,9-10,12-13H2,1-2H3,(H,24,26)/t20-/m0/s1. The van der Waals surface area contributed by atoms with Crippen LogP contribution in [0.25, 0.3) is 0 Å². The number of hydrogen-bond acceptors (Lipinski definition) is 3. The molecule has 1 fully saturated rings. The lowest BCUT2D eigenvalue weighted by Crippen LogP contribution is -2.43. The van der Waals surface area contributed by atoms with Gasteiger partial charge in [-0.05, 0) is 69.1 Å². The SMILES string of the molecule is CC(C)N1CCC(C(=O)N[C@@H](c2ccc(Cl)cc2)c2cccnc2)CC1. The van der Waals surface area contributed by atoms with Crippen molar-refractivity contribution in [1.29, 1.82) is 0 Å². The van der Waals surface area contributed by atoms with E-state index in [0.29, 0.717) is 11.1 Å². The molecule has 0 bridgehead atoms. The molecule has 1 aliphatic heterocycles. The first-order valence-corrected chi connectivity index (χ1v) is 9.62. The normalized spacial score (nSPS) is 17.2. The maximum atomic E-state index is 12.9. The van der Waals surface area contributed by atoms with Gasteiger partial charge >= 0.3 is 0 Å². The second-order valence-electron chi connectivity index (χ2n) is 7.18. The van der Waals surface area contributed by atoms with Crippen LogP contribution in [0.4, 0.5) is 0 Å². The number of likely N-dealkylation sites (tertiary alicyclic amines) is 1. The lowest BCUT2D eigenvalue weighted by molar-refractivity contribution is -0.127. The first-order chi connectivity index (χ1) is 12.5. The molecule has 138 valence electrons. The number of hydrogen-bond donors (Lipinski definition) is 1. The summed E-state index contributed by atoms with van der Waals surface area (Å²) in [5.41, 5.74) is 1.98. The largest absolute Gasteiger partial charge is 0.345 e. The number of rotatable bonds is 5. The molecule has 1 saturated heterocycles. The lowest BCUT2D eigenvalue weighted by atomic mass is 9.93. The van der Waals surface area contributed by atoms with Crippen molar-refractivity contribution < 1.29 is 4.79 Å². The number of benzene rings is 1. The minimum Gasteiger partial charge on any atom is -0.345 e. The fraction of sp³-hybridized carbons (Fsp3) is 0.429. The summed E-state index contributed by atoms with van der Waals surface area (Å²) in [5.74, 6) is 0.189. The van der Waals surface area contributed by atoms with Crippen molar-refractivity contribution in [2.24, 2.45) is 5.92 Å². The van der Waals surface area contributed by atoms with Gasteiger partial charge in [0, 0.05) is 29.4 Å². The van der Waals surface area contributed by atoms with Crippen LogP contribution in [0.5, 0.6) is 0 Å². The summed E-state index contributed by atoms with van der Waals surface area (Å²) in [4.78, 5) is 19.6. The van der Waals surface area contributed by atoms with Crippen LogP contribution in [0.3, 0.4) is 0 Å². The Kier molecular flexibility index (Phi) is 6.28. The summed E-state index contributed by atoms with van der Waals surface area (Å²) in [6.07, 6.45) is 5.36. The number of halogens is 1. The van der Waals surface area contributed by atoms with Gasteiger partial charge in [0.25, 0.3) is 0 Å². The highest BCUT2D eigenvalue weighted by molar-refractivity contribution is 6.30. The van der Waals surface area contributed by atoms with Crippen LogP contribution in [-0.4, -0.2) is 34.9 Å². The third kappa shape index (κ3) is 4.63. The van der Waals surface area contributed by atoms with Gasteiger partial charge in [-0.15, -0.1) is 0 Å². The summed E-state index contributed by atoms with van der Waals surface area (Å²) < 4.78 is 0. The molecule has 3 rings (SSSR count). The Morgan fingerprint density at radius 3 is 2.42 bits per heavy atom. The van der Waals surface area contributed by atoms with Crippen molar-refractivity contribution in [3.8, 4) is 0 Å². The molecule has 1 atom stereocenters.